The third kappa shape index (κ3) is 12.6. The number of aliphatic hydroxyl groups excluding tert-OH is 1. The van der Waals surface area contributed by atoms with Crippen LogP contribution in [0.5, 0.6) is 0 Å². The van der Waals surface area contributed by atoms with E-state index in [1.807, 2.05) is 18.2 Å². The Morgan fingerprint density at radius 3 is 1.71 bits per heavy atom. The topological polar surface area (TPSA) is 32.3 Å². The molecule has 2 nitrogen and oxygen atoms in total. The Morgan fingerprint density at radius 2 is 1.13 bits per heavy atom. The summed E-state index contributed by atoms with van der Waals surface area (Å²) >= 11 is 0. The summed E-state index contributed by atoms with van der Waals surface area (Å²) in [6.45, 7) is 2.28. The lowest BCUT2D eigenvalue weighted by atomic mass is 10.0. The van der Waals surface area contributed by atoms with Crippen LogP contribution in [0, 0.1) is 0 Å². The predicted octanol–water partition coefficient (Wildman–Crippen LogP) is 8.81. The Morgan fingerprint density at radius 1 is 0.613 bits per heavy atom. The number of anilines is 2. The highest BCUT2D eigenvalue weighted by Gasteiger charge is 2.05. The van der Waals surface area contributed by atoms with E-state index in [4.69, 9.17) is 0 Å². The van der Waals surface area contributed by atoms with Crippen LogP contribution in [0.25, 0.3) is 0 Å². The van der Waals surface area contributed by atoms with Crippen LogP contribution in [0.1, 0.15) is 102 Å². The third-order valence-electron chi connectivity index (χ3n) is 6.17. The van der Waals surface area contributed by atoms with Gasteiger partial charge in [-0.1, -0.05) is 114 Å². The maximum Gasteiger partial charge on any atom is 0.0543 e. The van der Waals surface area contributed by atoms with E-state index in [9.17, 15) is 5.11 Å². The van der Waals surface area contributed by atoms with Crippen molar-refractivity contribution in [3.8, 4) is 0 Å². The molecule has 0 heterocycles. The van der Waals surface area contributed by atoms with Gasteiger partial charge in [0.25, 0.3) is 0 Å². The summed E-state index contributed by atoms with van der Waals surface area (Å²) in [7, 11) is 0. The van der Waals surface area contributed by atoms with Crippen LogP contribution < -0.4 is 5.32 Å². The number of rotatable bonds is 18. The van der Waals surface area contributed by atoms with Gasteiger partial charge in [-0.3, -0.25) is 0 Å². The molecule has 0 aliphatic rings. The quantitative estimate of drug-likeness (QED) is 0.235. The van der Waals surface area contributed by atoms with Crippen molar-refractivity contribution >= 4 is 11.4 Å². The number of aryl methyl sites for hydroxylation is 1. The molecule has 0 aromatic heterocycles. The van der Waals surface area contributed by atoms with Crippen molar-refractivity contribution in [2.24, 2.45) is 0 Å². The van der Waals surface area contributed by atoms with E-state index in [1.54, 1.807) is 0 Å². The van der Waals surface area contributed by atoms with Crippen molar-refractivity contribution in [3.63, 3.8) is 0 Å². The molecule has 0 fully saturated rings. The maximum absolute atomic E-state index is 10.3. The highest BCUT2D eigenvalue weighted by atomic mass is 16.3. The summed E-state index contributed by atoms with van der Waals surface area (Å²) in [5.41, 5.74) is 3.51. The minimum absolute atomic E-state index is 0.162. The second-order valence-corrected chi connectivity index (χ2v) is 9.06. The second-order valence-electron chi connectivity index (χ2n) is 9.06. The van der Waals surface area contributed by atoms with E-state index >= 15 is 0 Å². The standard InChI is InChI=1S/C29H45NO/c1-2-3-4-5-6-7-8-9-10-11-12-16-19-29(31)25-22-26-20-23-28(24-21-26)30-27-17-14-13-15-18-27/h13-15,17-18,20-21,23-24,29-31H,2-12,16,19,22,25H2,1H3. The van der Waals surface area contributed by atoms with Crippen molar-refractivity contribution in [1.29, 1.82) is 0 Å². The molecule has 0 saturated heterocycles. The summed E-state index contributed by atoms with van der Waals surface area (Å²) in [5, 5.41) is 13.7. The van der Waals surface area contributed by atoms with Gasteiger partial charge in [0.15, 0.2) is 0 Å². The number of hydrogen-bond acceptors (Lipinski definition) is 2. The Kier molecular flexibility index (Phi) is 13.8. The van der Waals surface area contributed by atoms with Crippen molar-refractivity contribution in [2.45, 2.75) is 109 Å². The van der Waals surface area contributed by atoms with Gasteiger partial charge in [-0.2, -0.15) is 0 Å². The molecule has 1 atom stereocenters. The minimum Gasteiger partial charge on any atom is -0.393 e. The van der Waals surface area contributed by atoms with Crippen LogP contribution in [0.3, 0.4) is 0 Å². The number of unbranched alkanes of at least 4 members (excludes halogenated alkanes) is 11. The zero-order valence-electron chi connectivity index (χ0n) is 19.8. The average Bonchev–Trinajstić information content (AvgIpc) is 2.80. The molecule has 0 radical (unpaired) electrons. The zero-order chi connectivity index (χ0) is 22.0. The molecule has 2 aromatic rings. The van der Waals surface area contributed by atoms with E-state index in [0.717, 1.165) is 37.1 Å². The number of benzene rings is 2. The van der Waals surface area contributed by atoms with Gasteiger partial charge in [-0.25, -0.2) is 0 Å². The Hall–Kier alpha value is -1.80. The molecule has 172 valence electrons. The molecular weight excluding hydrogens is 378 g/mol. The summed E-state index contributed by atoms with van der Waals surface area (Å²) < 4.78 is 0. The summed E-state index contributed by atoms with van der Waals surface area (Å²) in [6.07, 6.45) is 19.0. The number of nitrogens with one attached hydrogen (secondary N) is 1. The molecule has 0 spiro atoms. The highest BCUT2D eigenvalue weighted by Crippen LogP contribution is 2.18. The molecule has 0 amide bonds. The van der Waals surface area contributed by atoms with Crippen molar-refractivity contribution in [2.75, 3.05) is 5.32 Å². The Bertz CT molecular complexity index is 652. The first-order chi connectivity index (χ1) is 15.3. The molecule has 1 unspecified atom stereocenters. The monoisotopic (exact) mass is 423 g/mol. The molecule has 2 heteroatoms. The first-order valence-corrected chi connectivity index (χ1v) is 12.9. The smallest absolute Gasteiger partial charge is 0.0543 e. The minimum atomic E-state index is -0.162. The number of hydrogen-bond donors (Lipinski definition) is 2. The SMILES string of the molecule is CCCCCCCCCCCCCCC(O)CCc1ccc(Nc2ccccc2)cc1. The van der Waals surface area contributed by atoms with E-state index in [0.29, 0.717) is 0 Å². The van der Waals surface area contributed by atoms with Gasteiger partial charge in [0.1, 0.15) is 0 Å². The van der Waals surface area contributed by atoms with E-state index in [2.05, 4.69) is 48.6 Å². The largest absolute Gasteiger partial charge is 0.393 e. The van der Waals surface area contributed by atoms with Crippen LogP contribution in [0.2, 0.25) is 0 Å². The normalized spacial score (nSPS) is 12.1. The molecule has 31 heavy (non-hydrogen) atoms. The summed E-state index contributed by atoms with van der Waals surface area (Å²) in [4.78, 5) is 0. The van der Waals surface area contributed by atoms with Crippen molar-refractivity contribution < 1.29 is 5.11 Å². The lowest BCUT2D eigenvalue weighted by Gasteiger charge is -2.11. The average molecular weight is 424 g/mol. The predicted molar refractivity (Wildman–Crippen MR) is 136 cm³/mol. The van der Waals surface area contributed by atoms with Gasteiger partial charge in [0.2, 0.25) is 0 Å². The van der Waals surface area contributed by atoms with Gasteiger partial charge in [-0.05, 0) is 49.1 Å². The van der Waals surface area contributed by atoms with E-state index in [-0.39, 0.29) is 6.10 Å². The molecule has 2 rings (SSSR count). The van der Waals surface area contributed by atoms with Gasteiger partial charge in [0, 0.05) is 11.4 Å². The Balaban J connectivity index is 1.45. The fourth-order valence-electron chi connectivity index (χ4n) is 4.14. The zero-order valence-corrected chi connectivity index (χ0v) is 19.8. The molecule has 0 bridgehead atoms. The van der Waals surface area contributed by atoms with Gasteiger partial charge in [-0.15, -0.1) is 0 Å². The molecular formula is C29H45NO. The van der Waals surface area contributed by atoms with Gasteiger partial charge >= 0.3 is 0 Å². The number of aliphatic hydroxyl groups is 1. The van der Waals surface area contributed by atoms with Crippen LogP contribution in [-0.4, -0.2) is 11.2 Å². The fourth-order valence-corrected chi connectivity index (χ4v) is 4.14. The molecule has 2 N–H and O–H groups in total. The van der Waals surface area contributed by atoms with Crippen LogP contribution in [0.15, 0.2) is 54.6 Å². The molecule has 0 aliphatic heterocycles. The highest BCUT2D eigenvalue weighted by molar-refractivity contribution is 5.59. The van der Waals surface area contributed by atoms with E-state index in [1.165, 1.54) is 76.2 Å². The first kappa shape index (κ1) is 25.5. The Labute approximate surface area is 191 Å². The van der Waals surface area contributed by atoms with Gasteiger partial charge in [0.05, 0.1) is 6.10 Å². The van der Waals surface area contributed by atoms with Crippen molar-refractivity contribution in [3.05, 3.63) is 60.2 Å². The maximum atomic E-state index is 10.3. The lowest BCUT2D eigenvalue weighted by molar-refractivity contribution is 0.151. The van der Waals surface area contributed by atoms with Crippen LogP contribution in [0.4, 0.5) is 11.4 Å². The first-order valence-electron chi connectivity index (χ1n) is 12.9. The van der Waals surface area contributed by atoms with E-state index < -0.39 is 0 Å². The fraction of sp³-hybridized carbons (Fsp3) is 0.586. The van der Waals surface area contributed by atoms with Crippen LogP contribution >= 0.6 is 0 Å². The summed E-state index contributed by atoms with van der Waals surface area (Å²) in [5.74, 6) is 0. The van der Waals surface area contributed by atoms with Gasteiger partial charge < -0.3 is 10.4 Å². The molecule has 0 aliphatic carbocycles. The third-order valence-corrected chi connectivity index (χ3v) is 6.17. The molecule has 0 saturated carbocycles. The second kappa shape index (κ2) is 16.8. The summed E-state index contributed by atoms with van der Waals surface area (Å²) in [6, 6.07) is 18.8. The van der Waals surface area contributed by atoms with Crippen LogP contribution in [-0.2, 0) is 6.42 Å². The molecule has 2 aromatic carbocycles. The number of para-hydroxylation sites is 1. The lowest BCUT2D eigenvalue weighted by Crippen LogP contribution is -2.07. The van der Waals surface area contributed by atoms with Crippen molar-refractivity contribution in [1.82, 2.24) is 0 Å².